The van der Waals surface area contributed by atoms with Crippen molar-refractivity contribution in [1.29, 1.82) is 0 Å². The summed E-state index contributed by atoms with van der Waals surface area (Å²) in [5.41, 5.74) is -0.217. The van der Waals surface area contributed by atoms with E-state index in [4.69, 9.17) is 10.7 Å². The molecule has 0 radical (unpaired) electrons. The van der Waals surface area contributed by atoms with Crippen LogP contribution in [0.2, 0.25) is 0 Å². The summed E-state index contributed by atoms with van der Waals surface area (Å²) in [7, 11) is 1.24. The first-order valence-electron chi connectivity index (χ1n) is 6.29. The largest absolute Gasteiger partial charge is 0.349 e. The van der Waals surface area contributed by atoms with Gasteiger partial charge in [-0.2, -0.15) is 0 Å². The fraction of sp³-hybridized carbons (Fsp3) is 0.462. The Kier molecular flexibility index (Phi) is 4.07. The molecule has 0 heterocycles. The number of aryl methyl sites for hydroxylation is 1. The molecule has 1 fully saturated rings. The van der Waals surface area contributed by atoms with Crippen molar-refractivity contribution in [3.63, 3.8) is 0 Å². The van der Waals surface area contributed by atoms with Crippen LogP contribution in [0.5, 0.6) is 0 Å². The van der Waals surface area contributed by atoms with Crippen LogP contribution >= 0.6 is 10.7 Å². The second kappa shape index (κ2) is 5.33. The van der Waals surface area contributed by atoms with Gasteiger partial charge in [-0.3, -0.25) is 4.79 Å². The Balaban J connectivity index is 2.31. The molecule has 0 bridgehead atoms. The highest BCUT2D eigenvalue weighted by Crippen LogP contribution is 2.33. The molecule has 0 aromatic heterocycles. The topological polar surface area (TPSA) is 63.2 Å². The molecule has 110 valence electrons. The second-order valence-corrected chi connectivity index (χ2v) is 7.59. The highest BCUT2D eigenvalue weighted by atomic mass is 35.7. The van der Waals surface area contributed by atoms with Crippen molar-refractivity contribution >= 4 is 25.6 Å². The number of hydrogen-bond acceptors (Lipinski definition) is 3. The molecule has 1 aliphatic rings. The maximum Gasteiger partial charge on any atom is 0.261 e. The van der Waals surface area contributed by atoms with E-state index in [0.717, 1.165) is 25.0 Å². The molecule has 20 heavy (non-hydrogen) atoms. The number of amides is 1. The lowest BCUT2D eigenvalue weighted by Crippen LogP contribution is -2.28. The predicted molar refractivity (Wildman–Crippen MR) is 73.8 cm³/mol. The number of nitrogens with one attached hydrogen (secondary N) is 1. The van der Waals surface area contributed by atoms with Crippen LogP contribution in [0.3, 0.4) is 0 Å². The number of benzene rings is 1. The number of carbonyl (C=O) groups is 1. The van der Waals surface area contributed by atoms with Gasteiger partial charge < -0.3 is 5.32 Å². The van der Waals surface area contributed by atoms with Gasteiger partial charge in [-0.15, -0.1) is 0 Å². The second-order valence-electron chi connectivity index (χ2n) is 5.02. The zero-order chi connectivity index (χ0) is 15.1. The average Bonchev–Trinajstić information content (AvgIpc) is 3.09. The van der Waals surface area contributed by atoms with E-state index >= 15 is 0 Å². The Morgan fingerprint density at radius 3 is 2.65 bits per heavy atom. The summed E-state index contributed by atoms with van der Waals surface area (Å²) in [6.45, 7) is 3.41. The molecule has 1 aliphatic carbocycles. The fourth-order valence-electron chi connectivity index (χ4n) is 2.16. The van der Waals surface area contributed by atoms with Gasteiger partial charge in [0.1, 0.15) is 5.82 Å². The molecule has 1 aromatic rings. The molecular weight excluding hydrogens is 305 g/mol. The van der Waals surface area contributed by atoms with Crippen molar-refractivity contribution < 1.29 is 17.6 Å². The zero-order valence-corrected chi connectivity index (χ0v) is 12.7. The summed E-state index contributed by atoms with van der Waals surface area (Å²) in [5.74, 6) is -0.906. The van der Waals surface area contributed by atoms with Gasteiger partial charge in [-0.25, -0.2) is 12.8 Å². The van der Waals surface area contributed by atoms with E-state index in [-0.39, 0.29) is 22.1 Å². The normalized spacial score (nSPS) is 21.6. The molecule has 0 saturated heterocycles. The number of hydrogen-bond donors (Lipinski definition) is 1. The maximum absolute atomic E-state index is 14.0. The summed E-state index contributed by atoms with van der Waals surface area (Å²) in [6.07, 6.45) is 1.82. The van der Waals surface area contributed by atoms with Gasteiger partial charge in [-0.05, 0) is 37.0 Å². The molecule has 2 rings (SSSR count). The van der Waals surface area contributed by atoms with Gasteiger partial charge in [0.15, 0.2) is 0 Å². The maximum atomic E-state index is 14.0. The van der Waals surface area contributed by atoms with E-state index in [1.54, 1.807) is 0 Å². The van der Waals surface area contributed by atoms with Crippen molar-refractivity contribution in [2.24, 2.45) is 5.92 Å². The smallest absolute Gasteiger partial charge is 0.261 e. The molecule has 2 atom stereocenters. The van der Waals surface area contributed by atoms with Gasteiger partial charge in [-0.1, -0.05) is 13.3 Å². The molecule has 1 amide bonds. The third-order valence-electron chi connectivity index (χ3n) is 3.52. The Hall–Kier alpha value is -1.14. The minimum Gasteiger partial charge on any atom is -0.349 e. The minimum atomic E-state index is -4.00. The molecule has 7 heteroatoms. The molecule has 1 N–H and O–H groups in total. The summed E-state index contributed by atoms with van der Waals surface area (Å²) >= 11 is 0. The van der Waals surface area contributed by atoms with Gasteiger partial charge >= 0.3 is 0 Å². The van der Waals surface area contributed by atoms with Gasteiger partial charge in [0, 0.05) is 16.7 Å². The fourth-order valence-corrected chi connectivity index (χ4v) is 3.01. The molecule has 1 aromatic carbocycles. The first kappa shape index (κ1) is 15.3. The lowest BCUT2D eigenvalue weighted by atomic mass is 10.1. The third kappa shape index (κ3) is 3.12. The van der Waals surface area contributed by atoms with Crippen LogP contribution < -0.4 is 5.32 Å². The van der Waals surface area contributed by atoms with Crippen molar-refractivity contribution in [1.82, 2.24) is 5.32 Å². The number of rotatable bonds is 4. The standard InChI is InChI=1S/C13H15ClFNO3S/c1-3-8-5-11(8)16-13(17)10-6-9(20(14,18)19)4-7(2)12(10)15/h4,6,8,11H,3,5H2,1-2H3,(H,16,17). The van der Waals surface area contributed by atoms with Crippen molar-refractivity contribution in [3.8, 4) is 0 Å². The van der Waals surface area contributed by atoms with Crippen molar-refractivity contribution in [2.75, 3.05) is 0 Å². The minimum absolute atomic E-state index is 0.0449. The van der Waals surface area contributed by atoms with Gasteiger partial charge in [0.05, 0.1) is 10.5 Å². The summed E-state index contributed by atoms with van der Waals surface area (Å²) in [4.78, 5) is 11.7. The Labute approximate surface area is 121 Å². The van der Waals surface area contributed by atoms with E-state index in [2.05, 4.69) is 5.32 Å². The Morgan fingerprint density at radius 2 is 2.15 bits per heavy atom. The monoisotopic (exact) mass is 319 g/mol. The molecule has 0 aliphatic heterocycles. The predicted octanol–water partition coefficient (Wildman–Crippen LogP) is 2.59. The Morgan fingerprint density at radius 1 is 1.50 bits per heavy atom. The zero-order valence-electron chi connectivity index (χ0n) is 11.1. The van der Waals surface area contributed by atoms with Crippen molar-refractivity contribution in [3.05, 3.63) is 29.1 Å². The van der Waals surface area contributed by atoms with E-state index in [1.807, 2.05) is 6.92 Å². The molecule has 0 spiro atoms. The molecule has 1 saturated carbocycles. The summed E-state index contributed by atoms with van der Waals surface area (Å²) in [6, 6.07) is 2.13. The van der Waals surface area contributed by atoms with Gasteiger partial charge in [0.25, 0.3) is 15.0 Å². The van der Waals surface area contributed by atoms with E-state index in [9.17, 15) is 17.6 Å². The molecule has 4 nitrogen and oxygen atoms in total. The van der Waals surface area contributed by atoms with Crippen LogP contribution in [0.15, 0.2) is 17.0 Å². The van der Waals surface area contributed by atoms with Crippen LogP contribution in [-0.4, -0.2) is 20.4 Å². The lowest BCUT2D eigenvalue weighted by Gasteiger charge is -2.09. The first-order chi connectivity index (χ1) is 9.24. The van der Waals surface area contributed by atoms with Crippen LogP contribution in [0.25, 0.3) is 0 Å². The van der Waals surface area contributed by atoms with E-state index < -0.39 is 20.8 Å². The third-order valence-corrected chi connectivity index (χ3v) is 4.85. The SMILES string of the molecule is CCC1CC1NC(=O)c1cc(S(=O)(=O)Cl)cc(C)c1F. The summed E-state index contributed by atoms with van der Waals surface area (Å²) < 4.78 is 36.6. The number of carbonyl (C=O) groups excluding carboxylic acids is 1. The van der Waals surface area contributed by atoms with Crippen LogP contribution in [0.1, 0.15) is 35.7 Å². The highest BCUT2D eigenvalue weighted by molar-refractivity contribution is 8.13. The van der Waals surface area contributed by atoms with Crippen molar-refractivity contribution in [2.45, 2.75) is 37.6 Å². The highest BCUT2D eigenvalue weighted by Gasteiger charge is 2.37. The van der Waals surface area contributed by atoms with Crippen LogP contribution in [0.4, 0.5) is 4.39 Å². The van der Waals surface area contributed by atoms with Gasteiger partial charge in [0.2, 0.25) is 0 Å². The van der Waals surface area contributed by atoms with E-state index in [1.165, 1.54) is 6.92 Å². The first-order valence-corrected chi connectivity index (χ1v) is 8.60. The van der Waals surface area contributed by atoms with Crippen LogP contribution in [0, 0.1) is 18.7 Å². The quantitative estimate of drug-likeness (QED) is 0.868. The van der Waals surface area contributed by atoms with E-state index in [0.29, 0.717) is 5.92 Å². The number of halogens is 2. The lowest BCUT2D eigenvalue weighted by molar-refractivity contribution is 0.0944. The average molecular weight is 320 g/mol. The summed E-state index contributed by atoms with van der Waals surface area (Å²) in [5, 5.41) is 2.70. The Bertz CT molecular complexity index is 660. The molecular formula is C13H15ClFNO3S. The molecule has 2 unspecified atom stereocenters. The van der Waals surface area contributed by atoms with Crippen LogP contribution in [-0.2, 0) is 9.05 Å².